The predicted octanol–water partition coefficient (Wildman–Crippen LogP) is 6.69. The molecular formula is C17H30S. The Hall–Kier alpha value is -0.300. The second-order valence-electron chi connectivity index (χ2n) is 5.48. The molecule has 1 aromatic heterocycles. The summed E-state index contributed by atoms with van der Waals surface area (Å²) in [4.78, 5) is 1.64. The van der Waals surface area contributed by atoms with Gasteiger partial charge in [-0.15, -0.1) is 11.3 Å². The number of rotatable bonds is 10. The van der Waals surface area contributed by atoms with E-state index in [0.717, 1.165) is 5.92 Å². The fraction of sp³-hybridized carbons (Fsp3) is 0.765. The van der Waals surface area contributed by atoms with Crippen molar-refractivity contribution in [2.45, 2.75) is 84.5 Å². The highest BCUT2D eigenvalue weighted by Crippen LogP contribution is 2.32. The van der Waals surface area contributed by atoms with Crippen LogP contribution in [0.1, 0.15) is 88.0 Å². The lowest BCUT2D eigenvalue weighted by molar-refractivity contribution is 0.528. The van der Waals surface area contributed by atoms with Crippen LogP contribution in [0.15, 0.2) is 11.4 Å². The fourth-order valence-corrected chi connectivity index (χ4v) is 3.82. The molecular weight excluding hydrogens is 236 g/mol. The van der Waals surface area contributed by atoms with Gasteiger partial charge in [0.05, 0.1) is 0 Å². The molecule has 0 saturated heterocycles. The van der Waals surface area contributed by atoms with Crippen molar-refractivity contribution in [3.8, 4) is 0 Å². The molecule has 1 unspecified atom stereocenters. The topological polar surface area (TPSA) is 0 Å². The van der Waals surface area contributed by atoms with E-state index in [1.807, 2.05) is 11.3 Å². The summed E-state index contributed by atoms with van der Waals surface area (Å²) in [5.74, 6) is 0.820. The smallest absolute Gasteiger partial charge is 0.0105 e. The SMILES string of the molecule is CCCCCCCCCC(CC)c1sccc1C. The maximum atomic E-state index is 2.34. The minimum absolute atomic E-state index is 0.820. The van der Waals surface area contributed by atoms with E-state index in [1.165, 1.54) is 63.4 Å². The summed E-state index contributed by atoms with van der Waals surface area (Å²) in [6.07, 6.45) is 12.7. The van der Waals surface area contributed by atoms with Crippen molar-refractivity contribution in [2.75, 3.05) is 0 Å². The van der Waals surface area contributed by atoms with Crippen LogP contribution in [0.5, 0.6) is 0 Å². The highest BCUT2D eigenvalue weighted by atomic mass is 32.1. The van der Waals surface area contributed by atoms with Gasteiger partial charge in [0, 0.05) is 4.88 Å². The number of unbranched alkanes of at least 4 members (excludes halogenated alkanes) is 6. The second-order valence-corrected chi connectivity index (χ2v) is 6.43. The average Bonchev–Trinajstić information content (AvgIpc) is 2.79. The van der Waals surface area contributed by atoms with E-state index in [0.29, 0.717) is 0 Å². The average molecular weight is 266 g/mol. The molecule has 1 rings (SSSR count). The van der Waals surface area contributed by atoms with Crippen LogP contribution >= 0.6 is 11.3 Å². The van der Waals surface area contributed by atoms with Gasteiger partial charge in [-0.3, -0.25) is 0 Å². The van der Waals surface area contributed by atoms with Crippen molar-refractivity contribution >= 4 is 11.3 Å². The predicted molar refractivity (Wildman–Crippen MR) is 84.7 cm³/mol. The molecule has 0 saturated carbocycles. The molecule has 1 aromatic rings. The molecule has 1 atom stereocenters. The van der Waals surface area contributed by atoms with E-state index in [-0.39, 0.29) is 0 Å². The Morgan fingerprint density at radius 3 is 2.22 bits per heavy atom. The highest BCUT2D eigenvalue weighted by Gasteiger charge is 2.12. The molecule has 0 aliphatic heterocycles. The van der Waals surface area contributed by atoms with E-state index in [4.69, 9.17) is 0 Å². The van der Waals surface area contributed by atoms with Crippen molar-refractivity contribution in [1.82, 2.24) is 0 Å². The first kappa shape index (κ1) is 15.8. The maximum Gasteiger partial charge on any atom is 0.0105 e. The van der Waals surface area contributed by atoms with Gasteiger partial charge in [0.25, 0.3) is 0 Å². The van der Waals surface area contributed by atoms with Crippen LogP contribution in [0.3, 0.4) is 0 Å². The van der Waals surface area contributed by atoms with Gasteiger partial charge in [-0.25, -0.2) is 0 Å². The molecule has 1 heterocycles. The van der Waals surface area contributed by atoms with Crippen LogP contribution in [0.2, 0.25) is 0 Å². The van der Waals surface area contributed by atoms with Gasteiger partial charge in [0.2, 0.25) is 0 Å². The second kappa shape index (κ2) is 9.61. The third kappa shape index (κ3) is 5.56. The van der Waals surface area contributed by atoms with Gasteiger partial charge < -0.3 is 0 Å². The number of thiophene rings is 1. The Labute approximate surface area is 118 Å². The molecule has 104 valence electrons. The lowest BCUT2D eigenvalue weighted by Gasteiger charge is -2.14. The molecule has 0 radical (unpaired) electrons. The zero-order valence-electron chi connectivity index (χ0n) is 12.5. The third-order valence-electron chi connectivity index (χ3n) is 3.92. The van der Waals surface area contributed by atoms with E-state index in [2.05, 4.69) is 32.2 Å². The molecule has 0 nitrogen and oxygen atoms in total. The quantitative estimate of drug-likeness (QED) is 0.414. The van der Waals surface area contributed by atoms with Crippen molar-refractivity contribution in [3.63, 3.8) is 0 Å². The first-order valence-corrected chi connectivity index (χ1v) is 8.71. The zero-order chi connectivity index (χ0) is 13.2. The summed E-state index contributed by atoms with van der Waals surface area (Å²) in [6.45, 7) is 6.89. The van der Waals surface area contributed by atoms with E-state index >= 15 is 0 Å². The van der Waals surface area contributed by atoms with Gasteiger partial charge in [0.1, 0.15) is 0 Å². The lowest BCUT2D eigenvalue weighted by atomic mass is 9.94. The molecule has 0 amide bonds. The number of hydrogen-bond donors (Lipinski definition) is 0. The van der Waals surface area contributed by atoms with Crippen molar-refractivity contribution in [2.24, 2.45) is 0 Å². The monoisotopic (exact) mass is 266 g/mol. The molecule has 0 N–H and O–H groups in total. The van der Waals surface area contributed by atoms with E-state index < -0.39 is 0 Å². The van der Waals surface area contributed by atoms with Crippen LogP contribution in [-0.4, -0.2) is 0 Å². The molecule has 0 aliphatic carbocycles. The summed E-state index contributed by atoms with van der Waals surface area (Å²) >= 11 is 1.96. The van der Waals surface area contributed by atoms with Crippen molar-refractivity contribution < 1.29 is 0 Å². The Kier molecular flexibility index (Phi) is 8.41. The Morgan fingerprint density at radius 1 is 1.00 bits per heavy atom. The van der Waals surface area contributed by atoms with Gasteiger partial charge >= 0.3 is 0 Å². The molecule has 0 spiro atoms. The van der Waals surface area contributed by atoms with Crippen LogP contribution in [-0.2, 0) is 0 Å². The van der Waals surface area contributed by atoms with Crippen molar-refractivity contribution in [3.05, 3.63) is 21.9 Å². The summed E-state index contributed by atoms with van der Waals surface area (Å²) in [5, 5.41) is 2.25. The Balaban J connectivity index is 2.15. The Bertz CT molecular complexity index is 300. The molecule has 0 aromatic carbocycles. The molecule has 0 bridgehead atoms. The normalized spacial score (nSPS) is 12.8. The Morgan fingerprint density at radius 2 is 1.67 bits per heavy atom. The fourth-order valence-electron chi connectivity index (χ4n) is 2.67. The molecule has 1 heteroatoms. The van der Waals surface area contributed by atoms with Crippen LogP contribution in [0, 0.1) is 6.92 Å². The summed E-state index contributed by atoms with van der Waals surface area (Å²) < 4.78 is 0. The molecule has 0 fully saturated rings. The number of hydrogen-bond acceptors (Lipinski definition) is 1. The lowest BCUT2D eigenvalue weighted by Crippen LogP contribution is -1.96. The summed E-state index contributed by atoms with van der Waals surface area (Å²) in [7, 11) is 0. The number of aryl methyl sites for hydroxylation is 1. The summed E-state index contributed by atoms with van der Waals surface area (Å²) in [6, 6.07) is 2.27. The standard InChI is InChI=1S/C17H30S/c1-4-6-7-8-9-10-11-12-16(5-2)17-15(3)13-14-18-17/h13-14,16H,4-12H2,1-3H3. The van der Waals surface area contributed by atoms with Crippen LogP contribution in [0.4, 0.5) is 0 Å². The highest BCUT2D eigenvalue weighted by molar-refractivity contribution is 7.10. The van der Waals surface area contributed by atoms with Gasteiger partial charge in [-0.2, -0.15) is 0 Å². The maximum absolute atomic E-state index is 2.34. The van der Waals surface area contributed by atoms with Gasteiger partial charge in [-0.1, -0.05) is 58.8 Å². The van der Waals surface area contributed by atoms with Gasteiger partial charge in [0.15, 0.2) is 0 Å². The van der Waals surface area contributed by atoms with E-state index in [1.54, 1.807) is 4.88 Å². The zero-order valence-corrected chi connectivity index (χ0v) is 13.3. The largest absolute Gasteiger partial charge is 0.148 e. The first-order chi connectivity index (χ1) is 8.79. The molecule has 0 aliphatic rings. The minimum Gasteiger partial charge on any atom is -0.148 e. The molecule has 18 heavy (non-hydrogen) atoms. The van der Waals surface area contributed by atoms with E-state index in [9.17, 15) is 0 Å². The summed E-state index contributed by atoms with van der Waals surface area (Å²) in [5.41, 5.74) is 1.51. The minimum atomic E-state index is 0.820. The first-order valence-electron chi connectivity index (χ1n) is 7.83. The van der Waals surface area contributed by atoms with Gasteiger partial charge in [-0.05, 0) is 42.7 Å². The van der Waals surface area contributed by atoms with Crippen LogP contribution < -0.4 is 0 Å². The van der Waals surface area contributed by atoms with Crippen molar-refractivity contribution in [1.29, 1.82) is 0 Å². The third-order valence-corrected chi connectivity index (χ3v) is 5.10. The van der Waals surface area contributed by atoms with Crippen LogP contribution in [0.25, 0.3) is 0 Å².